The third kappa shape index (κ3) is 3.40. The minimum absolute atomic E-state index is 0.00888. The molecule has 1 aliphatic rings. The lowest BCUT2D eigenvalue weighted by Crippen LogP contribution is -2.48. The highest BCUT2D eigenvalue weighted by Gasteiger charge is 2.27. The van der Waals surface area contributed by atoms with Crippen LogP contribution in [0.15, 0.2) is 24.3 Å². The van der Waals surface area contributed by atoms with E-state index in [2.05, 4.69) is 28.9 Å². The second-order valence-corrected chi connectivity index (χ2v) is 8.45. The number of ether oxygens (including phenoxy) is 1. The fourth-order valence-electron chi connectivity index (χ4n) is 3.83. The highest BCUT2D eigenvalue weighted by atomic mass is 32.1. The van der Waals surface area contributed by atoms with Gasteiger partial charge in [-0.25, -0.2) is 4.98 Å². The first-order valence-electron chi connectivity index (χ1n) is 9.74. The molecule has 1 saturated heterocycles. The van der Waals surface area contributed by atoms with Crippen LogP contribution in [0.2, 0.25) is 0 Å². The number of methoxy groups -OCH3 is 1. The van der Waals surface area contributed by atoms with Crippen molar-refractivity contribution < 1.29 is 9.53 Å². The molecule has 6 nitrogen and oxygen atoms in total. The summed E-state index contributed by atoms with van der Waals surface area (Å²) in [5.74, 6) is 0.853. The first-order chi connectivity index (χ1) is 13.9. The molecule has 2 aromatic heterocycles. The third-order valence-electron chi connectivity index (χ3n) is 5.87. The van der Waals surface area contributed by atoms with Crippen molar-refractivity contribution in [3.8, 4) is 5.75 Å². The second kappa shape index (κ2) is 7.55. The SMILES string of the molecule is COc1ccc(N2CCN(C(=O)c3sc4nc(C)c(C)c(C)c4c3N)CC2)cc1. The molecule has 0 spiro atoms. The molecule has 0 unspecified atom stereocenters. The van der Waals surface area contributed by atoms with Gasteiger partial charge in [-0.15, -0.1) is 11.3 Å². The molecule has 0 radical (unpaired) electrons. The number of carbonyl (C=O) groups excluding carboxylic acids is 1. The summed E-state index contributed by atoms with van der Waals surface area (Å²) in [5, 5.41) is 0.929. The summed E-state index contributed by atoms with van der Waals surface area (Å²) >= 11 is 1.41. The Hall–Kier alpha value is -2.80. The van der Waals surface area contributed by atoms with Crippen LogP contribution in [-0.2, 0) is 0 Å². The Morgan fingerprint density at radius 1 is 1.07 bits per heavy atom. The topological polar surface area (TPSA) is 71.7 Å². The number of thiophene rings is 1. The number of nitrogen functional groups attached to an aromatic ring is 1. The number of aryl methyl sites for hydroxylation is 2. The number of fused-ring (bicyclic) bond motifs is 1. The third-order valence-corrected chi connectivity index (χ3v) is 6.96. The number of aromatic nitrogens is 1. The largest absolute Gasteiger partial charge is 0.497 e. The van der Waals surface area contributed by atoms with Crippen molar-refractivity contribution in [3.63, 3.8) is 0 Å². The Morgan fingerprint density at radius 2 is 1.72 bits per heavy atom. The van der Waals surface area contributed by atoms with Crippen LogP contribution >= 0.6 is 11.3 Å². The average Bonchev–Trinajstić information content (AvgIpc) is 3.07. The Kier molecular flexibility index (Phi) is 5.08. The van der Waals surface area contributed by atoms with Gasteiger partial charge in [-0.3, -0.25) is 4.79 Å². The first-order valence-corrected chi connectivity index (χ1v) is 10.6. The number of hydrogen-bond donors (Lipinski definition) is 1. The predicted molar refractivity (Wildman–Crippen MR) is 119 cm³/mol. The Balaban J connectivity index is 1.52. The molecule has 7 heteroatoms. The molecule has 1 fully saturated rings. The van der Waals surface area contributed by atoms with Crippen molar-refractivity contribution >= 4 is 38.8 Å². The van der Waals surface area contributed by atoms with E-state index in [0.717, 1.165) is 51.6 Å². The van der Waals surface area contributed by atoms with Gasteiger partial charge in [0.25, 0.3) is 5.91 Å². The summed E-state index contributed by atoms with van der Waals surface area (Å²) in [6.07, 6.45) is 0. The molecule has 0 saturated carbocycles. The van der Waals surface area contributed by atoms with Crippen molar-refractivity contribution in [2.24, 2.45) is 0 Å². The zero-order chi connectivity index (χ0) is 20.7. The van der Waals surface area contributed by atoms with E-state index in [4.69, 9.17) is 10.5 Å². The van der Waals surface area contributed by atoms with Gasteiger partial charge in [0.15, 0.2) is 0 Å². The summed E-state index contributed by atoms with van der Waals surface area (Å²) < 4.78 is 5.23. The molecule has 3 aromatic rings. The minimum atomic E-state index is 0.00888. The van der Waals surface area contributed by atoms with Gasteiger partial charge in [0.2, 0.25) is 0 Å². The summed E-state index contributed by atoms with van der Waals surface area (Å²) in [7, 11) is 1.67. The maximum absolute atomic E-state index is 13.2. The zero-order valence-corrected chi connectivity index (χ0v) is 18.1. The molecule has 1 amide bonds. The number of amides is 1. The second-order valence-electron chi connectivity index (χ2n) is 7.45. The summed E-state index contributed by atoms with van der Waals surface area (Å²) in [4.78, 5) is 23.5. The van der Waals surface area contributed by atoms with E-state index in [-0.39, 0.29) is 5.91 Å². The summed E-state index contributed by atoms with van der Waals surface area (Å²) in [6, 6.07) is 8.03. The van der Waals surface area contributed by atoms with Gasteiger partial charge >= 0.3 is 0 Å². The number of nitrogens with two attached hydrogens (primary N) is 1. The molecule has 152 valence electrons. The molecular weight excluding hydrogens is 384 g/mol. The van der Waals surface area contributed by atoms with Crippen molar-refractivity contribution in [1.29, 1.82) is 0 Å². The number of hydrogen-bond acceptors (Lipinski definition) is 6. The van der Waals surface area contributed by atoms with Crippen LogP contribution in [-0.4, -0.2) is 49.1 Å². The summed E-state index contributed by atoms with van der Waals surface area (Å²) in [6.45, 7) is 9.02. The van der Waals surface area contributed by atoms with Crippen molar-refractivity contribution in [1.82, 2.24) is 9.88 Å². The van der Waals surface area contributed by atoms with Gasteiger partial charge in [-0.2, -0.15) is 0 Å². The van der Waals surface area contributed by atoms with Crippen LogP contribution < -0.4 is 15.4 Å². The molecule has 1 aromatic carbocycles. The molecule has 1 aliphatic heterocycles. The maximum Gasteiger partial charge on any atom is 0.266 e. The number of rotatable bonds is 3. The standard InChI is InChI=1S/C22H26N4O2S/c1-13-14(2)18-19(23)20(29-21(18)24-15(13)3)22(27)26-11-9-25(10-12-26)16-5-7-17(28-4)8-6-16/h5-8H,9-12,23H2,1-4H3. The van der Waals surface area contributed by atoms with E-state index in [1.165, 1.54) is 11.3 Å². The molecule has 2 N–H and O–H groups in total. The van der Waals surface area contributed by atoms with Gasteiger partial charge in [-0.1, -0.05) is 0 Å². The number of nitrogens with zero attached hydrogens (tertiary/aromatic N) is 3. The van der Waals surface area contributed by atoms with Gasteiger partial charge in [-0.05, 0) is 56.2 Å². The van der Waals surface area contributed by atoms with Crippen LogP contribution in [0.5, 0.6) is 5.75 Å². The fraction of sp³-hybridized carbons (Fsp3) is 0.364. The van der Waals surface area contributed by atoms with Gasteiger partial charge < -0.3 is 20.3 Å². The molecule has 0 aliphatic carbocycles. The van der Waals surface area contributed by atoms with Crippen molar-refractivity contribution in [2.75, 3.05) is 43.9 Å². The van der Waals surface area contributed by atoms with Crippen LogP contribution in [0, 0.1) is 20.8 Å². The van der Waals surface area contributed by atoms with Gasteiger partial charge in [0.05, 0.1) is 12.8 Å². The minimum Gasteiger partial charge on any atom is -0.497 e. The predicted octanol–water partition coefficient (Wildman–Crippen LogP) is 3.77. The van der Waals surface area contributed by atoms with E-state index < -0.39 is 0 Å². The van der Waals surface area contributed by atoms with E-state index in [1.54, 1.807) is 7.11 Å². The van der Waals surface area contributed by atoms with E-state index in [9.17, 15) is 4.79 Å². The Bertz CT molecular complexity index is 1070. The number of pyridine rings is 1. The highest BCUT2D eigenvalue weighted by molar-refractivity contribution is 7.21. The lowest BCUT2D eigenvalue weighted by Gasteiger charge is -2.36. The van der Waals surface area contributed by atoms with E-state index in [0.29, 0.717) is 23.7 Å². The van der Waals surface area contributed by atoms with Crippen molar-refractivity contribution in [2.45, 2.75) is 20.8 Å². The molecule has 29 heavy (non-hydrogen) atoms. The number of piperazine rings is 1. The highest BCUT2D eigenvalue weighted by Crippen LogP contribution is 2.37. The van der Waals surface area contributed by atoms with Crippen LogP contribution in [0.25, 0.3) is 10.2 Å². The lowest BCUT2D eigenvalue weighted by molar-refractivity contribution is 0.0752. The maximum atomic E-state index is 13.2. The fourth-order valence-corrected chi connectivity index (χ4v) is 5.00. The zero-order valence-electron chi connectivity index (χ0n) is 17.3. The van der Waals surface area contributed by atoms with Crippen molar-refractivity contribution in [3.05, 3.63) is 46.0 Å². The first kappa shape index (κ1) is 19.5. The van der Waals surface area contributed by atoms with Gasteiger partial charge in [0.1, 0.15) is 15.5 Å². The number of anilines is 2. The Morgan fingerprint density at radius 3 is 2.34 bits per heavy atom. The molecule has 0 bridgehead atoms. The number of benzene rings is 1. The molecule has 0 atom stereocenters. The van der Waals surface area contributed by atoms with E-state index in [1.807, 2.05) is 30.9 Å². The average molecular weight is 411 g/mol. The van der Waals surface area contributed by atoms with E-state index >= 15 is 0 Å². The molecular formula is C22H26N4O2S. The number of carbonyl (C=O) groups is 1. The van der Waals surface area contributed by atoms with Crippen LogP contribution in [0.3, 0.4) is 0 Å². The van der Waals surface area contributed by atoms with Crippen LogP contribution in [0.1, 0.15) is 26.5 Å². The molecule has 3 heterocycles. The quantitative estimate of drug-likeness (QED) is 0.712. The van der Waals surface area contributed by atoms with Gasteiger partial charge in [0, 0.05) is 42.9 Å². The normalized spacial score (nSPS) is 14.5. The monoisotopic (exact) mass is 410 g/mol. The lowest BCUT2D eigenvalue weighted by atomic mass is 10.1. The van der Waals surface area contributed by atoms with Crippen LogP contribution in [0.4, 0.5) is 11.4 Å². The Labute approximate surface area is 174 Å². The molecule has 4 rings (SSSR count). The summed E-state index contributed by atoms with van der Waals surface area (Å²) in [5.41, 5.74) is 11.4. The smallest absolute Gasteiger partial charge is 0.266 e.